The van der Waals surface area contributed by atoms with Crippen LogP contribution in [0, 0.1) is 0 Å². The highest BCUT2D eigenvalue weighted by atomic mass is 35.5. The molecule has 3 aromatic carbocycles. The van der Waals surface area contributed by atoms with Crippen molar-refractivity contribution in [3.63, 3.8) is 0 Å². The Balaban J connectivity index is 1.48. The van der Waals surface area contributed by atoms with Crippen molar-refractivity contribution in [2.45, 2.75) is 30.1 Å². The van der Waals surface area contributed by atoms with Crippen LogP contribution < -0.4 is 14.8 Å². The average molecular weight is 557 g/mol. The van der Waals surface area contributed by atoms with Crippen LogP contribution in [-0.4, -0.2) is 54.3 Å². The highest BCUT2D eigenvalue weighted by molar-refractivity contribution is 7.92. The first-order valence-corrected chi connectivity index (χ1v) is 13.1. The minimum absolute atomic E-state index is 0.0121. The van der Waals surface area contributed by atoms with E-state index in [0.29, 0.717) is 17.9 Å². The van der Waals surface area contributed by atoms with Gasteiger partial charge in [0.15, 0.2) is 0 Å². The van der Waals surface area contributed by atoms with Crippen LogP contribution in [0.5, 0.6) is 17.2 Å². The maximum Gasteiger partial charge on any atom is 0.262 e. The molecular formula is C24H26Cl2N2O7S. The number of aromatic hydroxyl groups is 2. The molecular weight excluding hydrogens is 531 g/mol. The first-order chi connectivity index (χ1) is 17.0. The lowest BCUT2D eigenvalue weighted by atomic mass is 10.1. The molecule has 1 unspecified atom stereocenters. The smallest absolute Gasteiger partial charge is 0.262 e. The number of rotatable bonds is 12. The largest absolute Gasteiger partial charge is 0.506 e. The standard InChI is InChI=1S/C24H26Cl2N2O7S/c25-16-3-6-19(7-4-16)36(33,34)28-21-12-18(5-9-23(21)31)35-14-17(29)13-27-24(32)10-2-15-1-8-22(30)20(26)11-15/h1,3-9,11-12,17,24,27-32H,2,10,13-14H2/t17?,24-/m0/s1. The molecule has 0 fully saturated rings. The Hall–Kier alpha value is -2.73. The zero-order valence-corrected chi connectivity index (χ0v) is 21.3. The van der Waals surface area contributed by atoms with Crippen molar-refractivity contribution in [2.24, 2.45) is 0 Å². The molecule has 0 saturated carbocycles. The minimum atomic E-state index is -3.98. The molecule has 0 heterocycles. The fraction of sp³-hybridized carbons (Fsp3) is 0.250. The fourth-order valence-electron chi connectivity index (χ4n) is 3.14. The number of nitrogens with one attached hydrogen (secondary N) is 2. The molecule has 6 N–H and O–H groups in total. The van der Waals surface area contributed by atoms with Gasteiger partial charge < -0.3 is 25.2 Å². The van der Waals surface area contributed by atoms with Crippen molar-refractivity contribution in [3.05, 3.63) is 76.3 Å². The Morgan fingerprint density at radius 1 is 0.917 bits per heavy atom. The van der Waals surface area contributed by atoms with Gasteiger partial charge in [-0.15, -0.1) is 0 Å². The molecule has 0 radical (unpaired) electrons. The van der Waals surface area contributed by atoms with E-state index in [2.05, 4.69) is 10.0 Å². The van der Waals surface area contributed by atoms with Gasteiger partial charge in [-0.05, 0) is 66.9 Å². The number of benzene rings is 3. The summed E-state index contributed by atoms with van der Waals surface area (Å²) in [6.07, 6.45) is -1.02. The summed E-state index contributed by atoms with van der Waals surface area (Å²) >= 11 is 11.7. The van der Waals surface area contributed by atoms with E-state index in [1.165, 1.54) is 48.5 Å². The predicted molar refractivity (Wildman–Crippen MR) is 137 cm³/mol. The second-order valence-electron chi connectivity index (χ2n) is 7.95. The molecule has 9 nitrogen and oxygen atoms in total. The van der Waals surface area contributed by atoms with E-state index in [0.717, 1.165) is 5.56 Å². The second-order valence-corrected chi connectivity index (χ2v) is 10.5. The maximum atomic E-state index is 12.6. The summed E-state index contributed by atoms with van der Waals surface area (Å²) in [5, 5.41) is 43.2. The minimum Gasteiger partial charge on any atom is -0.506 e. The van der Waals surface area contributed by atoms with Crippen LogP contribution in [0.25, 0.3) is 0 Å². The molecule has 0 bridgehead atoms. The summed E-state index contributed by atoms with van der Waals surface area (Å²) < 4.78 is 32.9. The summed E-state index contributed by atoms with van der Waals surface area (Å²) in [6, 6.07) is 14.3. The van der Waals surface area contributed by atoms with Gasteiger partial charge in [-0.3, -0.25) is 10.0 Å². The van der Waals surface area contributed by atoms with Gasteiger partial charge in [-0.2, -0.15) is 0 Å². The molecule has 36 heavy (non-hydrogen) atoms. The lowest BCUT2D eigenvalue weighted by Crippen LogP contribution is -2.38. The Labute approximate surface area is 218 Å². The van der Waals surface area contributed by atoms with Crippen LogP contribution in [0.2, 0.25) is 10.0 Å². The van der Waals surface area contributed by atoms with Gasteiger partial charge in [0.25, 0.3) is 10.0 Å². The van der Waals surface area contributed by atoms with Crippen LogP contribution in [0.15, 0.2) is 65.6 Å². The highest BCUT2D eigenvalue weighted by Crippen LogP contribution is 2.30. The second kappa shape index (κ2) is 12.5. The Bertz CT molecular complexity index is 1270. The molecule has 0 aliphatic heterocycles. The lowest BCUT2D eigenvalue weighted by Gasteiger charge is -2.17. The van der Waals surface area contributed by atoms with Gasteiger partial charge >= 0.3 is 0 Å². The van der Waals surface area contributed by atoms with Gasteiger partial charge in [-0.1, -0.05) is 29.3 Å². The number of anilines is 1. The van der Waals surface area contributed by atoms with Gasteiger partial charge in [0.2, 0.25) is 0 Å². The third-order valence-corrected chi connectivity index (χ3v) is 7.02. The molecule has 0 saturated heterocycles. The Kier molecular flexibility index (Phi) is 9.66. The number of sulfonamides is 1. The van der Waals surface area contributed by atoms with Gasteiger partial charge in [0.1, 0.15) is 36.2 Å². The third-order valence-electron chi connectivity index (χ3n) is 5.09. The monoisotopic (exact) mass is 556 g/mol. The average Bonchev–Trinajstić information content (AvgIpc) is 2.84. The number of aryl methyl sites for hydroxylation is 1. The number of phenols is 2. The molecule has 2 atom stereocenters. The Morgan fingerprint density at radius 3 is 2.31 bits per heavy atom. The quantitative estimate of drug-likeness (QED) is 0.147. The van der Waals surface area contributed by atoms with E-state index in [4.69, 9.17) is 27.9 Å². The SMILES string of the molecule is O=S(=O)(Nc1cc(OCC(O)CN[C@@H](O)CCc2ccc(O)c(Cl)c2)ccc1O)c1ccc(Cl)cc1. The van der Waals surface area contributed by atoms with E-state index in [9.17, 15) is 28.8 Å². The first-order valence-electron chi connectivity index (χ1n) is 10.8. The van der Waals surface area contributed by atoms with Gasteiger partial charge in [0.05, 0.1) is 15.6 Å². The number of hydrogen-bond acceptors (Lipinski definition) is 8. The maximum absolute atomic E-state index is 12.6. The Morgan fingerprint density at radius 2 is 1.61 bits per heavy atom. The van der Waals surface area contributed by atoms with Crippen molar-refractivity contribution >= 4 is 38.9 Å². The number of aliphatic hydroxyl groups is 2. The fourth-order valence-corrected chi connectivity index (χ4v) is 4.53. The van der Waals surface area contributed by atoms with Crippen LogP contribution in [0.1, 0.15) is 12.0 Å². The normalized spacial score (nSPS) is 13.2. The highest BCUT2D eigenvalue weighted by Gasteiger charge is 2.17. The van der Waals surface area contributed by atoms with Crippen LogP contribution in [0.4, 0.5) is 5.69 Å². The summed E-state index contributed by atoms with van der Waals surface area (Å²) in [6.45, 7) is -0.118. The molecule has 0 aliphatic rings. The summed E-state index contributed by atoms with van der Waals surface area (Å²) in [5.41, 5.74) is 0.747. The van der Waals surface area contributed by atoms with Gasteiger partial charge in [-0.25, -0.2) is 8.42 Å². The van der Waals surface area contributed by atoms with E-state index in [1.54, 1.807) is 12.1 Å². The van der Waals surface area contributed by atoms with Crippen molar-refractivity contribution in [3.8, 4) is 17.2 Å². The summed E-state index contributed by atoms with van der Waals surface area (Å²) in [7, 11) is -3.98. The molecule has 0 aromatic heterocycles. The molecule has 3 aromatic rings. The molecule has 0 spiro atoms. The van der Waals surface area contributed by atoms with E-state index >= 15 is 0 Å². The molecule has 194 valence electrons. The van der Waals surface area contributed by atoms with Crippen LogP contribution in [0.3, 0.4) is 0 Å². The van der Waals surface area contributed by atoms with Crippen LogP contribution in [-0.2, 0) is 16.4 Å². The molecule has 3 rings (SSSR count). The number of halogens is 2. The van der Waals surface area contributed by atoms with E-state index in [1.807, 2.05) is 0 Å². The van der Waals surface area contributed by atoms with Crippen molar-refractivity contribution < 1.29 is 33.6 Å². The van der Waals surface area contributed by atoms with Crippen molar-refractivity contribution in [1.29, 1.82) is 0 Å². The topological polar surface area (TPSA) is 148 Å². The summed E-state index contributed by atoms with van der Waals surface area (Å²) in [4.78, 5) is -0.0359. The molecule has 12 heteroatoms. The lowest BCUT2D eigenvalue weighted by molar-refractivity contribution is 0.0712. The zero-order chi connectivity index (χ0) is 26.3. The van der Waals surface area contributed by atoms with Crippen molar-refractivity contribution in [2.75, 3.05) is 17.9 Å². The number of aliphatic hydroxyl groups excluding tert-OH is 2. The van der Waals surface area contributed by atoms with E-state index in [-0.39, 0.29) is 46.0 Å². The number of phenolic OH excluding ortho intramolecular Hbond substituents is 2. The third kappa shape index (κ3) is 8.16. The van der Waals surface area contributed by atoms with Crippen molar-refractivity contribution in [1.82, 2.24) is 5.32 Å². The number of hydrogen-bond donors (Lipinski definition) is 6. The summed E-state index contributed by atoms with van der Waals surface area (Å²) in [5.74, 6) is -0.104. The zero-order valence-electron chi connectivity index (χ0n) is 18.9. The first kappa shape index (κ1) is 27.9. The predicted octanol–water partition coefficient (Wildman–Crippen LogP) is 3.49. The van der Waals surface area contributed by atoms with E-state index < -0.39 is 22.4 Å². The van der Waals surface area contributed by atoms with Crippen LogP contribution >= 0.6 is 23.2 Å². The molecule has 0 amide bonds. The van der Waals surface area contributed by atoms with Gasteiger partial charge in [0, 0.05) is 17.6 Å². The number of ether oxygens (including phenoxy) is 1. The molecule has 0 aliphatic carbocycles.